The zero-order chi connectivity index (χ0) is 16.9. The van der Waals surface area contributed by atoms with E-state index in [0.717, 1.165) is 0 Å². The monoisotopic (exact) mass is 368 g/mol. The Morgan fingerprint density at radius 2 is 1.59 bits per heavy atom. The third-order valence-electron chi connectivity index (χ3n) is 2.72. The van der Waals surface area contributed by atoms with Gasteiger partial charge in [0.2, 0.25) is 0 Å². The highest BCUT2D eigenvalue weighted by molar-refractivity contribution is 7.54. The summed E-state index contributed by atoms with van der Waals surface area (Å²) in [5.41, 5.74) is 0.280. The normalized spacial score (nSPS) is 13.9. The van der Waals surface area contributed by atoms with Crippen molar-refractivity contribution in [2.75, 3.05) is 13.2 Å². The maximum Gasteiger partial charge on any atom is 0.363 e. The van der Waals surface area contributed by atoms with Crippen LogP contribution in [0.3, 0.4) is 0 Å². The van der Waals surface area contributed by atoms with E-state index in [1.54, 1.807) is 6.07 Å². The van der Waals surface area contributed by atoms with Crippen molar-refractivity contribution in [1.29, 1.82) is 0 Å². The highest BCUT2D eigenvalue weighted by Crippen LogP contribution is 2.61. The number of hydrogen-bond donors (Lipinski definition) is 1. The first-order valence-corrected chi connectivity index (χ1v) is 9.54. The van der Waals surface area contributed by atoms with E-state index in [9.17, 15) is 9.67 Å². The molecule has 4 nitrogen and oxygen atoms in total. The quantitative estimate of drug-likeness (QED) is 0.613. The van der Waals surface area contributed by atoms with E-state index in [-0.39, 0.29) is 35.6 Å². The van der Waals surface area contributed by atoms with E-state index >= 15 is 0 Å². The largest absolute Gasteiger partial charge is 0.376 e. The lowest BCUT2D eigenvalue weighted by atomic mass is 10.2. The molecule has 0 aliphatic rings. The van der Waals surface area contributed by atoms with Crippen LogP contribution in [0.25, 0.3) is 0 Å². The highest BCUT2D eigenvalue weighted by atomic mass is 35.5. The van der Waals surface area contributed by atoms with E-state index in [1.807, 2.05) is 27.7 Å². The van der Waals surface area contributed by atoms with Crippen molar-refractivity contribution in [1.82, 2.24) is 0 Å². The second-order valence-corrected chi connectivity index (χ2v) is 8.89. The predicted molar refractivity (Wildman–Crippen MR) is 90.6 cm³/mol. The van der Waals surface area contributed by atoms with Crippen molar-refractivity contribution in [3.63, 3.8) is 0 Å². The lowest BCUT2D eigenvalue weighted by Crippen LogP contribution is -2.12. The van der Waals surface area contributed by atoms with Crippen molar-refractivity contribution in [3.05, 3.63) is 33.8 Å². The van der Waals surface area contributed by atoms with E-state index in [0.29, 0.717) is 5.02 Å². The summed E-state index contributed by atoms with van der Waals surface area (Å²) in [5, 5.41) is 11.2. The van der Waals surface area contributed by atoms with E-state index < -0.39 is 13.4 Å². The van der Waals surface area contributed by atoms with Crippen LogP contribution in [0.2, 0.25) is 10.0 Å². The van der Waals surface area contributed by atoms with Crippen molar-refractivity contribution in [2.24, 2.45) is 11.8 Å². The highest BCUT2D eigenvalue weighted by Gasteiger charge is 2.37. The van der Waals surface area contributed by atoms with Gasteiger partial charge in [-0.05, 0) is 24.0 Å². The van der Waals surface area contributed by atoms with Crippen LogP contribution in [-0.2, 0) is 13.6 Å². The van der Waals surface area contributed by atoms with Gasteiger partial charge in [0.15, 0.2) is 5.85 Å². The number of benzene rings is 1. The molecule has 1 aromatic carbocycles. The predicted octanol–water partition coefficient (Wildman–Crippen LogP) is 5.52. The summed E-state index contributed by atoms with van der Waals surface area (Å²) in [5.74, 6) is -1.14. The molecule has 0 spiro atoms. The summed E-state index contributed by atoms with van der Waals surface area (Å²) < 4.78 is 23.8. The first-order valence-electron chi connectivity index (χ1n) is 7.17. The molecule has 1 N–H and O–H groups in total. The average molecular weight is 369 g/mol. The van der Waals surface area contributed by atoms with Gasteiger partial charge in [-0.3, -0.25) is 4.57 Å². The lowest BCUT2D eigenvalue weighted by molar-refractivity contribution is 0.124. The molecule has 7 heteroatoms. The number of rotatable bonds is 8. The van der Waals surface area contributed by atoms with Crippen LogP contribution in [0.15, 0.2) is 18.2 Å². The molecule has 0 bridgehead atoms. The molecule has 0 saturated heterocycles. The molecule has 0 saturated carbocycles. The molecule has 0 radical (unpaired) electrons. The molecule has 0 aliphatic carbocycles. The van der Waals surface area contributed by atoms with Gasteiger partial charge in [0.1, 0.15) is 0 Å². The Labute approximate surface area is 142 Å². The van der Waals surface area contributed by atoms with Crippen LogP contribution < -0.4 is 0 Å². The number of aliphatic hydroxyl groups is 1. The minimum Gasteiger partial charge on any atom is -0.376 e. The van der Waals surface area contributed by atoms with Gasteiger partial charge in [-0.2, -0.15) is 0 Å². The van der Waals surface area contributed by atoms with Gasteiger partial charge in [-0.25, -0.2) is 0 Å². The standard InChI is InChI=1S/C15H23Cl2O4P/c1-10(2)8-20-22(19,21-9-11(3)4)15(18)13-6-5-12(16)7-14(13)17/h5-7,10-11,15,18H,8-9H2,1-4H3. The minimum atomic E-state index is -3.75. The molecule has 0 amide bonds. The Balaban J connectivity index is 3.04. The maximum absolute atomic E-state index is 13.0. The third kappa shape index (κ3) is 5.84. The van der Waals surface area contributed by atoms with E-state index in [2.05, 4.69) is 0 Å². The third-order valence-corrected chi connectivity index (χ3v) is 5.17. The Kier molecular flexibility index (Phi) is 7.87. The molecule has 22 heavy (non-hydrogen) atoms. The summed E-state index contributed by atoms with van der Waals surface area (Å²) >= 11 is 11.9. The van der Waals surface area contributed by atoms with Gasteiger partial charge in [0, 0.05) is 15.6 Å². The molecule has 1 atom stereocenters. The van der Waals surface area contributed by atoms with Crippen LogP contribution in [0.1, 0.15) is 39.1 Å². The fourth-order valence-electron chi connectivity index (χ4n) is 1.57. The maximum atomic E-state index is 13.0. The smallest absolute Gasteiger partial charge is 0.363 e. The molecule has 1 rings (SSSR count). The fourth-order valence-corrected chi connectivity index (χ4v) is 4.09. The molecule has 0 aromatic heterocycles. The molecular weight excluding hydrogens is 346 g/mol. The van der Waals surface area contributed by atoms with Crippen molar-refractivity contribution >= 4 is 30.8 Å². The molecule has 0 heterocycles. The lowest BCUT2D eigenvalue weighted by Gasteiger charge is -2.25. The van der Waals surface area contributed by atoms with Crippen LogP contribution >= 0.6 is 30.8 Å². The summed E-state index contributed by atoms with van der Waals surface area (Å²) in [6.45, 7) is 8.14. The Morgan fingerprint density at radius 3 is 2.00 bits per heavy atom. The van der Waals surface area contributed by atoms with Gasteiger partial charge >= 0.3 is 7.60 Å². The van der Waals surface area contributed by atoms with Crippen LogP contribution in [-0.4, -0.2) is 18.3 Å². The molecule has 0 aliphatic heterocycles. The van der Waals surface area contributed by atoms with Gasteiger partial charge in [-0.15, -0.1) is 0 Å². The first kappa shape index (κ1) is 20.0. The topological polar surface area (TPSA) is 55.8 Å². The van der Waals surface area contributed by atoms with Gasteiger partial charge in [0.25, 0.3) is 0 Å². The molecule has 1 aromatic rings. The van der Waals surface area contributed by atoms with Crippen molar-refractivity contribution in [2.45, 2.75) is 33.5 Å². The fraction of sp³-hybridized carbons (Fsp3) is 0.600. The second kappa shape index (κ2) is 8.68. The van der Waals surface area contributed by atoms with Crippen LogP contribution in [0, 0.1) is 11.8 Å². The van der Waals surface area contributed by atoms with Gasteiger partial charge < -0.3 is 14.2 Å². The van der Waals surface area contributed by atoms with Gasteiger partial charge in [0.05, 0.1) is 13.2 Å². The summed E-state index contributed by atoms with van der Waals surface area (Å²) in [6.07, 6.45) is 0. The Morgan fingerprint density at radius 1 is 1.09 bits per heavy atom. The SMILES string of the molecule is CC(C)COP(=O)(OCC(C)C)C(O)c1ccc(Cl)cc1Cl. The van der Waals surface area contributed by atoms with Gasteiger partial charge in [-0.1, -0.05) is 57.0 Å². The average Bonchev–Trinajstić information content (AvgIpc) is 2.42. The summed E-state index contributed by atoms with van der Waals surface area (Å²) in [7, 11) is -3.75. The van der Waals surface area contributed by atoms with Crippen molar-refractivity contribution in [3.8, 4) is 0 Å². The molecule has 0 fully saturated rings. The second-order valence-electron chi connectivity index (χ2n) is 5.96. The number of aliphatic hydroxyl groups excluding tert-OH is 1. The zero-order valence-corrected chi connectivity index (χ0v) is 15.7. The molecule has 1 unspecified atom stereocenters. The zero-order valence-electron chi connectivity index (χ0n) is 13.3. The summed E-state index contributed by atoms with van der Waals surface area (Å²) in [4.78, 5) is 0. The Hall–Kier alpha value is -0.0900. The Bertz CT molecular complexity index is 518. The summed E-state index contributed by atoms with van der Waals surface area (Å²) in [6, 6.07) is 4.58. The number of halogens is 2. The van der Waals surface area contributed by atoms with Crippen LogP contribution in [0.5, 0.6) is 0 Å². The molecular formula is C15H23Cl2O4P. The number of hydrogen-bond acceptors (Lipinski definition) is 4. The van der Waals surface area contributed by atoms with E-state index in [4.69, 9.17) is 32.2 Å². The van der Waals surface area contributed by atoms with Crippen LogP contribution in [0.4, 0.5) is 0 Å². The molecule has 126 valence electrons. The van der Waals surface area contributed by atoms with Crippen molar-refractivity contribution < 1.29 is 18.7 Å². The minimum absolute atomic E-state index is 0.156. The van der Waals surface area contributed by atoms with E-state index in [1.165, 1.54) is 12.1 Å². The first-order chi connectivity index (χ1) is 10.2.